The van der Waals surface area contributed by atoms with Crippen LogP contribution < -0.4 is 10.1 Å². The van der Waals surface area contributed by atoms with Gasteiger partial charge in [0.2, 0.25) is 0 Å². The molecular weight excluding hydrogens is 238 g/mol. The van der Waals surface area contributed by atoms with Crippen molar-refractivity contribution >= 4 is 5.78 Å². The highest BCUT2D eigenvalue weighted by Gasteiger charge is 2.22. The molecular formula is C16H23NO2. The lowest BCUT2D eigenvalue weighted by atomic mass is 9.90. The number of ether oxygens (including phenoxy) is 1. The number of hydrogen-bond acceptors (Lipinski definition) is 3. The Labute approximate surface area is 115 Å². The molecule has 2 atom stereocenters. The van der Waals surface area contributed by atoms with Gasteiger partial charge in [0.25, 0.3) is 0 Å². The second kappa shape index (κ2) is 6.20. The first-order chi connectivity index (χ1) is 9.10. The van der Waals surface area contributed by atoms with E-state index < -0.39 is 0 Å². The van der Waals surface area contributed by atoms with Crippen molar-refractivity contribution in [3.8, 4) is 5.75 Å². The number of nitrogens with one attached hydrogen (secondary N) is 1. The molecule has 0 radical (unpaired) electrons. The molecule has 0 bridgehead atoms. The Morgan fingerprint density at radius 1 is 1.47 bits per heavy atom. The lowest BCUT2D eigenvalue weighted by Gasteiger charge is -2.27. The van der Waals surface area contributed by atoms with Gasteiger partial charge >= 0.3 is 0 Å². The summed E-state index contributed by atoms with van der Waals surface area (Å²) in [6.45, 7) is 5.27. The smallest absolute Gasteiger partial charge is 0.168 e. The van der Waals surface area contributed by atoms with E-state index in [-0.39, 0.29) is 5.78 Å². The van der Waals surface area contributed by atoms with Crippen molar-refractivity contribution in [3.05, 3.63) is 29.3 Å². The molecule has 1 N–H and O–H groups in total. The van der Waals surface area contributed by atoms with E-state index in [4.69, 9.17) is 4.74 Å². The fourth-order valence-electron chi connectivity index (χ4n) is 2.75. The van der Waals surface area contributed by atoms with Gasteiger partial charge in [0, 0.05) is 12.5 Å². The molecule has 0 spiro atoms. The van der Waals surface area contributed by atoms with Gasteiger partial charge in [0.05, 0.1) is 12.7 Å². The van der Waals surface area contributed by atoms with Gasteiger partial charge in [-0.05, 0) is 44.4 Å². The number of benzene rings is 1. The topological polar surface area (TPSA) is 38.3 Å². The van der Waals surface area contributed by atoms with Gasteiger partial charge in [-0.1, -0.05) is 18.6 Å². The van der Waals surface area contributed by atoms with E-state index in [1.165, 1.54) is 6.42 Å². The van der Waals surface area contributed by atoms with E-state index in [9.17, 15) is 4.79 Å². The standard InChI is InChI=1S/C16H23NO2/c1-11-4-5-16(19-3)14(9-11)15(18)10-13-8-12(2)6-7-17-13/h4-5,9,12-13,17H,6-8,10H2,1-3H3. The van der Waals surface area contributed by atoms with E-state index >= 15 is 0 Å². The Morgan fingerprint density at radius 3 is 2.95 bits per heavy atom. The Kier molecular flexibility index (Phi) is 4.59. The quantitative estimate of drug-likeness (QED) is 0.847. The van der Waals surface area contributed by atoms with E-state index in [0.717, 1.165) is 18.5 Å². The minimum Gasteiger partial charge on any atom is -0.496 e. The Morgan fingerprint density at radius 2 is 2.26 bits per heavy atom. The number of rotatable bonds is 4. The first-order valence-corrected chi connectivity index (χ1v) is 7.01. The third kappa shape index (κ3) is 3.57. The normalized spacial score (nSPS) is 23.1. The summed E-state index contributed by atoms with van der Waals surface area (Å²) in [6.07, 6.45) is 2.85. The van der Waals surface area contributed by atoms with Crippen molar-refractivity contribution in [2.24, 2.45) is 5.92 Å². The Bertz CT molecular complexity index is 456. The highest BCUT2D eigenvalue weighted by atomic mass is 16.5. The van der Waals surface area contributed by atoms with Gasteiger partial charge in [0.1, 0.15) is 5.75 Å². The van der Waals surface area contributed by atoms with Crippen molar-refractivity contribution in [3.63, 3.8) is 0 Å². The van der Waals surface area contributed by atoms with Crippen molar-refractivity contribution in [1.82, 2.24) is 5.32 Å². The molecule has 0 aliphatic carbocycles. The molecule has 0 aromatic heterocycles. The van der Waals surface area contributed by atoms with Gasteiger partial charge in [-0.3, -0.25) is 4.79 Å². The van der Waals surface area contributed by atoms with E-state index in [0.29, 0.717) is 29.7 Å². The van der Waals surface area contributed by atoms with Gasteiger partial charge in [-0.25, -0.2) is 0 Å². The molecule has 1 aromatic rings. The summed E-state index contributed by atoms with van der Waals surface area (Å²) in [5, 5.41) is 3.44. The molecule has 1 aliphatic rings. The highest BCUT2D eigenvalue weighted by molar-refractivity contribution is 5.99. The average Bonchev–Trinajstić information content (AvgIpc) is 2.38. The zero-order chi connectivity index (χ0) is 13.8. The van der Waals surface area contributed by atoms with Crippen LogP contribution >= 0.6 is 0 Å². The van der Waals surface area contributed by atoms with Crippen LogP contribution in [0.2, 0.25) is 0 Å². The van der Waals surface area contributed by atoms with Crippen LogP contribution in [0.25, 0.3) is 0 Å². The summed E-state index contributed by atoms with van der Waals surface area (Å²) in [5.41, 5.74) is 1.80. The predicted octanol–water partition coefficient (Wildman–Crippen LogP) is 2.96. The van der Waals surface area contributed by atoms with Crippen LogP contribution in [0, 0.1) is 12.8 Å². The lowest BCUT2D eigenvalue weighted by Crippen LogP contribution is -2.38. The fourth-order valence-corrected chi connectivity index (χ4v) is 2.75. The monoisotopic (exact) mass is 261 g/mol. The molecule has 3 nitrogen and oxygen atoms in total. The SMILES string of the molecule is COc1ccc(C)cc1C(=O)CC1CC(C)CCN1. The van der Waals surface area contributed by atoms with Gasteiger partial charge in [-0.15, -0.1) is 0 Å². The van der Waals surface area contributed by atoms with E-state index in [1.807, 2.05) is 25.1 Å². The van der Waals surface area contributed by atoms with Crippen LogP contribution in [0.1, 0.15) is 42.1 Å². The Balaban J connectivity index is 2.09. The number of carbonyl (C=O) groups excluding carboxylic acids is 1. The number of hydrogen-bond donors (Lipinski definition) is 1. The predicted molar refractivity (Wildman–Crippen MR) is 76.9 cm³/mol. The summed E-state index contributed by atoms with van der Waals surface area (Å²) in [7, 11) is 1.61. The van der Waals surface area contributed by atoms with Crippen LogP contribution in [0.3, 0.4) is 0 Å². The number of piperidine rings is 1. The van der Waals surface area contributed by atoms with Crippen LogP contribution in [0.15, 0.2) is 18.2 Å². The zero-order valence-corrected chi connectivity index (χ0v) is 12.0. The summed E-state index contributed by atoms with van der Waals surface area (Å²) in [4.78, 5) is 12.4. The summed E-state index contributed by atoms with van der Waals surface area (Å²) in [6, 6.07) is 6.07. The van der Waals surface area contributed by atoms with Gasteiger partial charge in [0.15, 0.2) is 5.78 Å². The third-order valence-corrected chi connectivity index (χ3v) is 3.84. The van der Waals surface area contributed by atoms with Gasteiger partial charge < -0.3 is 10.1 Å². The van der Waals surface area contributed by atoms with Gasteiger partial charge in [-0.2, -0.15) is 0 Å². The molecule has 1 saturated heterocycles. The third-order valence-electron chi connectivity index (χ3n) is 3.84. The number of methoxy groups -OCH3 is 1. The molecule has 3 heteroatoms. The minimum absolute atomic E-state index is 0.173. The van der Waals surface area contributed by atoms with Crippen LogP contribution in [0.5, 0.6) is 5.75 Å². The minimum atomic E-state index is 0.173. The molecule has 1 aliphatic heterocycles. The molecule has 0 amide bonds. The molecule has 2 unspecified atom stereocenters. The van der Waals surface area contributed by atoms with Crippen LogP contribution in [-0.4, -0.2) is 25.5 Å². The molecule has 19 heavy (non-hydrogen) atoms. The molecule has 1 fully saturated rings. The van der Waals surface area contributed by atoms with Crippen LogP contribution in [0.4, 0.5) is 0 Å². The largest absolute Gasteiger partial charge is 0.496 e. The second-order valence-corrected chi connectivity index (χ2v) is 5.61. The maximum absolute atomic E-state index is 12.4. The second-order valence-electron chi connectivity index (χ2n) is 5.61. The first-order valence-electron chi connectivity index (χ1n) is 7.01. The zero-order valence-electron chi connectivity index (χ0n) is 12.0. The average molecular weight is 261 g/mol. The van der Waals surface area contributed by atoms with E-state index in [2.05, 4.69) is 12.2 Å². The first kappa shape index (κ1) is 14.1. The van der Waals surface area contributed by atoms with Crippen LogP contribution in [-0.2, 0) is 0 Å². The maximum Gasteiger partial charge on any atom is 0.168 e. The summed E-state index contributed by atoms with van der Waals surface area (Å²) >= 11 is 0. The molecule has 2 rings (SSSR count). The van der Waals surface area contributed by atoms with E-state index in [1.54, 1.807) is 7.11 Å². The molecule has 1 aromatic carbocycles. The number of ketones is 1. The van der Waals surface area contributed by atoms with Crippen molar-refractivity contribution in [2.45, 2.75) is 39.2 Å². The number of Topliss-reactive ketones (excluding diaryl/α,β-unsaturated/α-hetero) is 1. The number of aryl methyl sites for hydroxylation is 1. The number of carbonyl (C=O) groups is 1. The van der Waals surface area contributed by atoms with Crippen molar-refractivity contribution in [2.75, 3.05) is 13.7 Å². The molecule has 104 valence electrons. The van der Waals surface area contributed by atoms with Crippen molar-refractivity contribution < 1.29 is 9.53 Å². The summed E-state index contributed by atoms with van der Waals surface area (Å²) < 4.78 is 5.29. The highest BCUT2D eigenvalue weighted by Crippen LogP contribution is 2.24. The maximum atomic E-state index is 12.4. The Hall–Kier alpha value is -1.35. The van der Waals surface area contributed by atoms with Crippen molar-refractivity contribution in [1.29, 1.82) is 0 Å². The molecule has 0 saturated carbocycles. The summed E-state index contributed by atoms with van der Waals surface area (Å²) in [5.74, 6) is 1.56. The fraction of sp³-hybridized carbons (Fsp3) is 0.562. The lowest BCUT2D eigenvalue weighted by molar-refractivity contribution is 0.0956. The molecule has 1 heterocycles.